The van der Waals surface area contributed by atoms with Crippen LogP contribution in [0, 0.1) is 0 Å². The Morgan fingerprint density at radius 1 is 0.821 bits per heavy atom. The van der Waals surface area contributed by atoms with E-state index in [1.165, 1.54) is 76.9 Å². The minimum absolute atomic E-state index is 0.211. The molecule has 2 atom stereocenters. The molecule has 0 saturated heterocycles. The second-order valence-corrected chi connectivity index (χ2v) is 9.43. The number of carboxylic acid groups (broad SMARTS) is 1. The van der Waals surface area contributed by atoms with Gasteiger partial charge in [0.1, 0.15) is 6.04 Å². The fraction of sp³-hybridized carbons (Fsp3) is 0.909. The molecule has 0 aliphatic carbocycles. The molecule has 0 saturated carbocycles. The number of amides is 1. The Bertz CT molecular complexity index is 429. The third-order valence-electron chi connectivity index (χ3n) is 5.08. The highest BCUT2D eigenvalue weighted by Gasteiger charge is 2.19. The molecule has 0 aromatic rings. The maximum atomic E-state index is 11.9. The molecule has 5 nitrogen and oxygen atoms in total. The van der Waals surface area contributed by atoms with Crippen molar-refractivity contribution in [2.75, 3.05) is 12.0 Å². The third kappa shape index (κ3) is 18.5. The summed E-state index contributed by atoms with van der Waals surface area (Å²) in [5.41, 5.74) is 0. The number of carboxylic acids is 1. The van der Waals surface area contributed by atoms with E-state index >= 15 is 0 Å². The molecule has 2 N–H and O–H groups in total. The van der Waals surface area contributed by atoms with Crippen molar-refractivity contribution < 1.29 is 18.9 Å². The van der Waals surface area contributed by atoms with E-state index in [4.69, 9.17) is 5.11 Å². The summed E-state index contributed by atoms with van der Waals surface area (Å²) in [5.74, 6) is -0.983. The lowest BCUT2D eigenvalue weighted by Crippen LogP contribution is -2.41. The summed E-state index contributed by atoms with van der Waals surface area (Å²) in [4.78, 5) is 23.0. The minimum atomic E-state index is -1.06. The molecule has 0 aliphatic rings. The number of aliphatic carboxylic acids is 1. The Balaban J connectivity index is 3.48. The molecule has 0 radical (unpaired) electrons. The lowest BCUT2D eigenvalue weighted by Gasteiger charge is -2.13. The van der Waals surface area contributed by atoms with E-state index in [1.807, 2.05) is 0 Å². The van der Waals surface area contributed by atoms with Crippen molar-refractivity contribution in [3.8, 4) is 0 Å². The van der Waals surface area contributed by atoms with E-state index in [2.05, 4.69) is 12.2 Å². The summed E-state index contributed by atoms with van der Waals surface area (Å²) in [5, 5.41) is 11.7. The molecular formula is C22H43NO4S. The summed E-state index contributed by atoms with van der Waals surface area (Å²) >= 11 is 0. The van der Waals surface area contributed by atoms with Crippen LogP contribution in [0.15, 0.2) is 0 Å². The smallest absolute Gasteiger partial charge is 0.326 e. The summed E-state index contributed by atoms with van der Waals surface area (Å²) < 4.78 is 11.1. The van der Waals surface area contributed by atoms with Gasteiger partial charge in [0.25, 0.3) is 0 Å². The molecule has 6 heteroatoms. The number of carbonyl (C=O) groups excluding carboxylic acids is 1. The van der Waals surface area contributed by atoms with Crippen LogP contribution in [-0.4, -0.2) is 39.2 Å². The van der Waals surface area contributed by atoms with Gasteiger partial charge in [0.15, 0.2) is 0 Å². The summed E-state index contributed by atoms with van der Waals surface area (Å²) in [6.07, 6.45) is 19.8. The summed E-state index contributed by atoms with van der Waals surface area (Å²) in [6, 6.07) is -0.928. The lowest BCUT2D eigenvalue weighted by molar-refractivity contribution is -0.141. The van der Waals surface area contributed by atoms with E-state index in [1.54, 1.807) is 0 Å². The molecular weight excluding hydrogens is 374 g/mol. The topological polar surface area (TPSA) is 83.5 Å². The van der Waals surface area contributed by atoms with E-state index in [-0.39, 0.29) is 18.1 Å². The Morgan fingerprint density at radius 3 is 1.64 bits per heavy atom. The van der Waals surface area contributed by atoms with Crippen molar-refractivity contribution in [2.45, 2.75) is 116 Å². The standard InChI is InChI=1S/C22H43NO4S/c1-3-4-5-6-7-8-9-10-11-12-13-14-15-16-17-21(24)23-20(22(25)26)18-19-28(2)27/h20H,3-19H2,1-2H3,(H,23,24)(H,25,26)/t20-,28?/m0/s1. The Labute approximate surface area is 174 Å². The number of unbranched alkanes of at least 4 members (excludes halogenated alkanes) is 13. The van der Waals surface area contributed by atoms with Crippen LogP contribution in [-0.2, 0) is 20.4 Å². The lowest BCUT2D eigenvalue weighted by atomic mass is 10.0. The number of carbonyl (C=O) groups is 2. The Morgan fingerprint density at radius 2 is 1.25 bits per heavy atom. The van der Waals surface area contributed by atoms with Crippen molar-refractivity contribution in [1.29, 1.82) is 0 Å². The molecule has 0 heterocycles. The highest BCUT2D eigenvalue weighted by atomic mass is 32.2. The molecule has 28 heavy (non-hydrogen) atoms. The van der Waals surface area contributed by atoms with Crippen LogP contribution in [0.2, 0.25) is 0 Å². The summed E-state index contributed by atoms with van der Waals surface area (Å²) in [7, 11) is -1.05. The first-order valence-electron chi connectivity index (χ1n) is 11.3. The van der Waals surface area contributed by atoms with Crippen LogP contribution in [0.3, 0.4) is 0 Å². The van der Waals surface area contributed by atoms with Crippen LogP contribution in [0.4, 0.5) is 0 Å². The van der Waals surface area contributed by atoms with Crippen molar-refractivity contribution in [3.63, 3.8) is 0 Å². The number of hydrogen-bond donors (Lipinski definition) is 2. The summed E-state index contributed by atoms with van der Waals surface area (Å²) in [6.45, 7) is 2.25. The van der Waals surface area contributed by atoms with Crippen LogP contribution in [0.5, 0.6) is 0 Å². The predicted octanol–water partition coefficient (Wildman–Crippen LogP) is 5.20. The van der Waals surface area contributed by atoms with Crippen LogP contribution < -0.4 is 5.32 Å². The van der Waals surface area contributed by atoms with E-state index in [0.29, 0.717) is 6.42 Å². The zero-order valence-corrected chi connectivity index (χ0v) is 19.0. The molecule has 0 aromatic heterocycles. The quantitative estimate of drug-likeness (QED) is 0.267. The van der Waals surface area contributed by atoms with Gasteiger partial charge in [-0.3, -0.25) is 9.00 Å². The maximum absolute atomic E-state index is 11.9. The molecule has 0 bridgehead atoms. The Hall–Kier alpha value is -0.910. The van der Waals surface area contributed by atoms with Gasteiger partial charge in [-0.05, 0) is 12.8 Å². The average Bonchev–Trinajstić information content (AvgIpc) is 2.65. The molecule has 0 spiro atoms. The zero-order valence-electron chi connectivity index (χ0n) is 18.2. The van der Waals surface area contributed by atoms with Gasteiger partial charge in [-0.2, -0.15) is 0 Å². The Kier molecular flexibility index (Phi) is 18.8. The fourth-order valence-corrected chi connectivity index (χ4v) is 3.86. The molecule has 166 valence electrons. The van der Waals surface area contributed by atoms with Gasteiger partial charge in [-0.15, -0.1) is 0 Å². The second-order valence-electron chi connectivity index (χ2n) is 7.87. The predicted molar refractivity (Wildman–Crippen MR) is 118 cm³/mol. The first kappa shape index (κ1) is 27.1. The average molecular weight is 418 g/mol. The number of nitrogens with one attached hydrogen (secondary N) is 1. The van der Waals surface area contributed by atoms with E-state index < -0.39 is 22.8 Å². The van der Waals surface area contributed by atoms with Gasteiger partial charge in [0, 0.05) is 29.2 Å². The zero-order chi connectivity index (χ0) is 21.0. The first-order chi connectivity index (χ1) is 13.5. The largest absolute Gasteiger partial charge is 0.480 e. The monoisotopic (exact) mass is 417 g/mol. The van der Waals surface area contributed by atoms with E-state index in [9.17, 15) is 13.8 Å². The maximum Gasteiger partial charge on any atom is 0.326 e. The van der Waals surface area contributed by atoms with Crippen LogP contribution in [0.25, 0.3) is 0 Å². The molecule has 0 rings (SSSR count). The van der Waals surface area contributed by atoms with Crippen molar-refractivity contribution in [3.05, 3.63) is 0 Å². The molecule has 0 fully saturated rings. The highest BCUT2D eigenvalue weighted by Crippen LogP contribution is 2.13. The van der Waals surface area contributed by atoms with E-state index in [0.717, 1.165) is 19.3 Å². The fourth-order valence-electron chi connectivity index (χ4n) is 3.29. The van der Waals surface area contributed by atoms with Gasteiger partial charge in [0.05, 0.1) is 0 Å². The SMILES string of the molecule is CCCCCCCCCCCCCCCCC(=O)N[C@@H](CCS(C)=O)C(=O)O. The molecule has 0 aromatic carbocycles. The van der Waals surface area contributed by atoms with Crippen molar-refractivity contribution >= 4 is 22.7 Å². The third-order valence-corrected chi connectivity index (χ3v) is 5.90. The minimum Gasteiger partial charge on any atom is -0.480 e. The molecule has 1 amide bonds. The van der Waals surface area contributed by atoms with Gasteiger partial charge >= 0.3 is 5.97 Å². The van der Waals surface area contributed by atoms with Gasteiger partial charge in [-0.1, -0.05) is 90.4 Å². The normalized spacial score (nSPS) is 13.2. The van der Waals surface area contributed by atoms with Gasteiger partial charge < -0.3 is 10.4 Å². The van der Waals surface area contributed by atoms with Gasteiger partial charge in [-0.25, -0.2) is 4.79 Å². The number of rotatable bonds is 20. The molecule has 0 aliphatic heterocycles. The number of hydrogen-bond acceptors (Lipinski definition) is 3. The van der Waals surface area contributed by atoms with Crippen LogP contribution >= 0.6 is 0 Å². The highest BCUT2D eigenvalue weighted by molar-refractivity contribution is 7.84. The second kappa shape index (κ2) is 19.4. The first-order valence-corrected chi connectivity index (χ1v) is 13.0. The van der Waals surface area contributed by atoms with Crippen molar-refractivity contribution in [1.82, 2.24) is 5.32 Å². The van der Waals surface area contributed by atoms with Crippen molar-refractivity contribution in [2.24, 2.45) is 0 Å². The molecule has 1 unspecified atom stereocenters. The van der Waals surface area contributed by atoms with Crippen LogP contribution in [0.1, 0.15) is 110 Å². The van der Waals surface area contributed by atoms with Gasteiger partial charge in [0.2, 0.25) is 5.91 Å².